The Labute approximate surface area is 125 Å². The lowest BCUT2D eigenvalue weighted by Crippen LogP contribution is -2.14. The van der Waals surface area contributed by atoms with Crippen LogP contribution in [0.3, 0.4) is 0 Å². The van der Waals surface area contributed by atoms with Gasteiger partial charge in [0.15, 0.2) is 5.84 Å². The molecule has 2 rings (SSSR count). The van der Waals surface area contributed by atoms with Crippen LogP contribution in [0.15, 0.2) is 57.4 Å². The number of nitrogens with two attached hydrogens (primary N) is 1. The number of hydrogen-bond acceptors (Lipinski definition) is 5. The first kappa shape index (κ1) is 14.9. The van der Waals surface area contributed by atoms with Gasteiger partial charge in [-0.25, -0.2) is 0 Å². The Bertz CT molecular complexity index is 699. The Morgan fingerprint density at radius 3 is 2.52 bits per heavy atom. The van der Waals surface area contributed by atoms with Gasteiger partial charge in [0.25, 0.3) is 5.69 Å². The van der Waals surface area contributed by atoms with E-state index in [1.54, 1.807) is 18.2 Å². The zero-order valence-corrected chi connectivity index (χ0v) is 12.0. The first-order valence-corrected chi connectivity index (χ1v) is 6.84. The molecule has 0 aromatic heterocycles. The van der Waals surface area contributed by atoms with Crippen molar-refractivity contribution in [2.45, 2.75) is 16.7 Å². The summed E-state index contributed by atoms with van der Waals surface area (Å²) < 4.78 is 0. The predicted octanol–water partition coefficient (Wildman–Crippen LogP) is 3.15. The highest BCUT2D eigenvalue weighted by Gasteiger charge is 2.12. The molecular weight excluding hydrogens is 290 g/mol. The standard InChI is InChI=1S/C14H13N3O3S/c1-9-3-2-4-12(14(15)16-18)13(9)21-11-7-5-10(6-8-11)17(19)20/h2-8,18H,1H3,(H2,15,16). The van der Waals surface area contributed by atoms with Crippen molar-refractivity contribution in [2.24, 2.45) is 10.9 Å². The van der Waals surface area contributed by atoms with Crippen LogP contribution < -0.4 is 5.73 Å². The van der Waals surface area contributed by atoms with Crippen LogP contribution in [0.5, 0.6) is 0 Å². The molecule has 0 atom stereocenters. The van der Waals surface area contributed by atoms with Gasteiger partial charge < -0.3 is 10.9 Å². The van der Waals surface area contributed by atoms with Crippen LogP contribution >= 0.6 is 11.8 Å². The van der Waals surface area contributed by atoms with Gasteiger partial charge in [0, 0.05) is 27.5 Å². The second-order valence-electron chi connectivity index (χ2n) is 4.29. The highest BCUT2D eigenvalue weighted by atomic mass is 32.2. The van der Waals surface area contributed by atoms with Crippen LogP contribution in [-0.2, 0) is 0 Å². The average molecular weight is 303 g/mol. The van der Waals surface area contributed by atoms with E-state index in [-0.39, 0.29) is 11.5 Å². The zero-order valence-electron chi connectivity index (χ0n) is 11.2. The number of non-ortho nitro benzene ring substituents is 1. The SMILES string of the molecule is Cc1cccc(/C(N)=N/O)c1Sc1ccc([N+](=O)[O-])cc1. The molecule has 0 radical (unpaired) electrons. The number of amidine groups is 1. The molecule has 108 valence electrons. The summed E-state index contributed by atoms with van der Waals surface area (Å²) >= 11 is 1.41. The summed E-state index contributed by atoms with van der Waals surface area (Å²) in [6.45, 7) is 1.92. The molecule has 0 unspecified atom stereocenters. The number of oxime groups is 1. The van der Waals surface area contributed by atoms with Gasteiger partial charge in [-0.05, 0) is 30.7 Å². The Kier molecular flexibility index (Phi) is 4.44. The molecule has 2 aromatic carbocycles. The summed E-state index contributed by atoms with van der Waals surface area (Å²) in [6.07, 6.45) is 0. The molecule has 0 aliphatic carbocycles. The van der Waals surface area contributed by atoms with Crippen molar-refractivity contribution >= 4 is 23.3 Å². The number of nitro benzene ring substituents is 1. The van der Waals surface area contributed by atoms with Gasteiger partial charge in [0.1, 0.15) is 0 Å². The minimum Gasteiger partial charge on any atom is -0.409 e. The maximum atomic E-state index is 10.6. The molecule has 0 saturated carbocycles. The molecular formula is C14H13N3O3S. The van der Waals surface area contributed by atoms with Gasteiger partial charge in [-0.3, -0.25) is 10.1 Å². The third-order valence-corrected chi connectivity index (χ3v) is 4.12. The van der Waals surface area contributed by atoms with Crippen molar-refractivity contribution in [1.29, 1.82) is 0 Å². The Morgan fingerprint density at radius 1 is 1.29 bits per heavy atom. The molecule has 2 aromatic rings. The first-order valence-electron chi connectivity index (χ1n) is 6.02. The van der Waals surface area contributed by atoms with Crippen LogP contribution in [0.4, 0.5) is 5.69 Å². The first-order chi connectivity index (χ1) is 10.0. The van der Waals surface area contributed by atoms with Gasteiger partial charge in [-0.15, -0.1) is 0 Å². The van der Waals surface area contributed by atoms with E-state index >= 15 is 0 Å². The van der Waals surface area contributed by atoms with Gasteiger partial charge in [-0.2, -0.15) is 0 Å². The number of nitro groups is 1. The second-order valence-corrected chi connectivity index (χ2v) is 5.37. The molecule has 3 N–H and O–H groups in total. The molecule has 6 nitrogen and oxygen atoms in total. The fourth-order valence-corrected chi connectivity index (χ4v) is 2.82. The number of nitrogens with zero attached hydrogens (tertiary/aromatic N) is 2. The monoisotopic (exact) mass is 303 g/mol. The minimum absolute atomic E-state index is 0.0307. The third kappa shape index (κ3) is 3.32. The van der Waals surface area contributed by atoms with E-state index in [1.807, 2.05) is 19.1 Å². The summed E-state index contributed by atoms with van der Waals surface area (Å²) in [5.41, 5.74) is 7.32. The van der Waals surface area contributed by atoms with E-state index < -0.39 is 4.92 Å². The zero-order chi connectivity index (χ0) is 15.4. The summed E-state index contributed by atoms with van der Waals surface area (Å²) in [7, 11) is 0. The minimum atomic E-state index is -0.440. The fraction of sp³-hybridized carbons (Fsp3) is 0.0714. The van der Waals surface area contributed by atoms with Crippen molar-refractivity contribution in [2.75, 3.05) is 0 Å². The van der Waals surface area contributed by atoms with E-state index in [1.165, 1.54) is 23.9 Å². The predicted molar refractivity (Wildman–Crippen MR) is 80.9 cm³/mol. The number of aryl methyl sites for hydroxylation is 1. The summed E-state index contributed by atoms with van der Waals surface area (Å²) in [5, 5.41) is 22.5. The van der Waals surface area contributed by atoms with Crippen molar-refractivity contribution in [3.05, 3.63) is 63.7 Å². The lowest BCUT2D eigenvalue weighted by atomic mass is 10.1. The quantitative estimate of drug-likeness (QED) is 0.297. The summed E-state index contributed by atoms with van der Waals surface area (Å²) in [6, 6.07) is 11.7. The normalized spacial score (nSPS) is 11.4. The summed E-state index contributed by atoms with van der Waals surface area (Å²) in [5.74, 6) is 0.0307. The Morgan fingerprint density at radius 2 is 1.95 bits per heavy atom. The maximum Gasteiger partial charge on any atom is 0.269 e. The number of benzene rings is 2. The molecule has 0 amide bonds. The van der Waals surface area contributed by atoms with Gasteiger partial charge in [-0.1, -0.05) is 29.1 Å². The van der Waals surface area contributed by atoms with Gasteiger partial charge in [0.2, 0.25) is 0 Å². The molecule has 21 heavy (non-hydrogen) atoms. The highest BCUT2D eigenvalue weighted by molar-refractivity contribution is 7.99. The second kappa shape index (κ2) is 6.27. The lowest BCUT2D eigenvalue weighted by molar-refractivity contribution is -0.384. The Hall–Kier alpha value is -2.54. The van der Waals surface area contributed by atoms with E-state index in [0.717, 1.165) is 15.4 Å². The molecule has 0 bridgehead atoms. The van der Waals surface area contributed by atoms with Crippen LogP contribution in [0.1, 0.15) is 11.1 Å². The number of hydrogen-bond donors (Lipinski definition) is 2. The molecule has 7 heteroatoms. The van der Waals surface area contributed by atoms with Gasteiger partial charge in [0.05, 0.1) is 4.92 Å². The van der Waals surface area contributed by atoms with Crippen molar-refractivity contribution < 1.29 is 10.1 Å². The number of rotatable bonds is 4. The molecule has 0 aliphatic heterocycles. The Balaban J connectivity index is 2.37. The molecule has 0 heterocycles. The van der Waals surface area contributed by atoms with E-state index in [4.69, 9.17) is 10.9 Å². The molecule has 0 saturated heterocycles. The van der Waals surface area contributed by atoms with E-state index in [0.29, 0.717) is 5.56 Å². The third-order valence-electron chi connectivity index (χ3n) is 2.86. The van der Waals surface area contributed by atoms with Crippen molar-refractivity contribution in [1.82, 2.24) is 0 Å². The molecule has 0 fully saturated rings. The molecule has 0 spiro atoms. The van der Waals surface area contributed by atoms with Crippen LogP contribution in [0.2, 0.25) is 0 Å². The topological polar surface area (TPSA) is 102 Å². The largest absolute Gasteiger partial charge is 0.409 e. The highest BCUT2D eigenvalue weighted by Crippen LogP contribution is 2.33. The van der Waals surface area contributed by atoms with E-state index in [9.17, 15) is 10.1 Å². The van der Waals surface area contributed by atoms with Crippen LogP contribution in [-0.4, -0.2) is 16.0 Å². The smallest absolute Gasteiger partial charge is 0.269 e. The van der Waals surface area contributed by atoms with Crippen LogP contribution in [0, 0.1) is 17.0 Å². The van der Waals surface area contributed by atoms with Gasteiger partial charge >= 0.3 is 0 Å². The molecule has 0 aliphatic rings. The fourth-order valence-electron chi connectivity index (χ4n) is 1.80. The van der Waals surface area contributed by atoms with Crippen LogP contribution in [0.25, 0.3) is 0 Å². The van der Waals surface area contributed by atoms with Crippen molar-refractivity contribution in [3.8, 4) is 0 Å². The van der Waals surface area contributed by atoms with E-state index in [2.05, 4.69) is 5.16 Å². The lowest BCUT2D eigenvalue weighted by Gasteiger charge is -2.11. The summed E-state index contributed by atoms with van der Waals surface area (Å²) in [4.78, 5) is 11.9. The maximum absolute atomic E-state index is 10.6. The average Bonchev–Trinajstić information content (AvgIpc) is 2.49. The van der Waals surface area contributed by atoms with Crippen molar-refractivity contribution in [3.63, 3.8) is 0 Å².